The lowest BCUT2D eigenvalue weighted by Crippen LogP contribution is -2.36. The predicted molar refractivity (Wildman–Crippen MR) is 113 cm³/mol. The summed E-state index contributed by atoms with van der Waals surface area (Å²) in [5.41, 5.74) is 17.7. The number of anilines is 6. The summed E-state index contributed by atoms with van der Waals surface area (Å²) in [6.07, 6.45) is 0. The Bertz CT molecular complexity index is 824. The van der Waals surface area contributed by atoms with Crippen molar-refractivity contribution in [2.24, 2.45) is 0 Å². The van der Waals surface area contributed by atoms with Crippen LogP contribution in [-0.4, -0.2) is 26.3 Å². The summed E-state index contributed by atoms with van der Waals surface area (Å²) in [6.45, 7) is 3.42. The normalized spacial score (nSPS) is 14.1. The standard InChI is InChI=1S/C22H24N4O/c23-17-1-5-20(6-2-17)26(21-7-3-18(24)4-8-21)22-11-9-19(10-12-22)25-13-15-27-16-14-25/h1-12H,13-16,23-24H2. The van der Waals surface area contributed by atoms with E-state index in [0.717, 1.165) is 54.7 Å². The van der Waals surface area contributed by atoms with Gasteiger partial charge in [0.25, 0.3) is 0 Å². The molecule has 3 aromatic carbocycles. The second-order valence-corrected chi connectivity index (χ2v) is 6.63. The molecule has 0 unspecified atom stereocenters. The molecule has 0 saturated carbocycles. The van der Waals surface area contributed by atoms with E-state index in [1.165, 1.54) is 5.69 Å². The van der Waals surface area contributed by atoms with Crippen molar-refractivity contribution in [3.05, 3.63) is 72.8 Å². The largest absolute Gasteiger partial charge is 0.399 e. The van der Waals surface area contributed by atoms with E-state index < -0.39 is 0 Å². The van der Waals surface area contributed by atoms with E-state index in [2.05, 4.69) is 34.1 Å². The van der Waals surface area contributed by atoms with Crippen molar-refractivity contribution in [1.82, 2.24) is 0 Å². The number of hydrogen-bond acceptors (Lipinski definition) is 5. The Morgan fingerprint density at radius 3 is 1.48 bits per heavy atom. The number of nitrogen functional groups attached to an aromatic ring is 2. The van der Waals surface area contributed by atoms with Crippen LogP contribution in [0, 0.1) is 0 Å². The topological polar surface area (TPSA) is 67.8 Å². The van der Waals surface area contributed by atoms with E-state index in [0.29, 0.717) is 0 Å². The quantitative estimate of drug-likeness (QED) is 0.684. The number of rotatable bonds is 4. The van der Waals surface area contributed by atoms with Crippen LogP contribution in [-0.2, 0) is 4.74 Å². The lowest BCUT2D eigenvalue weighted by molar-refractivity contribution is 0.122. The van der Waals surface area contributed by atoms with E-state index in [9.17, 15) is 0 Å². The van der Waals surface area contributed by atoms with E-state index in [1.54, 1.807) is 0 Å². The van der Waals surface area contributed by atoms with Gasteiger partial charge in [-0.1, -0.05) is 0 Å². The van der Waals surface area contributed by atoms with Crippen molar-refractivity contribution in [2.75, 3.05) is 47.6 Å². The lowest BCUT2D eigenvalue weighted by atomic mass is 10.1. The van der Waals surface area contributed by atoms with Crippen LogP contribution in [0.15, 0.2) is 72.8 Å². The average molecular weight is 360 g/mol. The smallest absolute Gasteiger partial charge is 0.0642 e. The minimum Gasteiger partial charge on any atom is -0.399 e. The van der Waals surface area contributed by atoms with E-state index in [4.69, 9.17) is 16.2 Å². The molecule has 0 aromatic heterocycles. The lowest BCUT2D eigenvalue weighted by Gasteiger charge is -2.30. The second-order valence-electron chi connectivity index (χ2n) is 6.63. The number of hydrogen-bond donors (Lipinski definition) is 2. The maximum absolute atomic E-state index is 5.88. The van der Waals surface area contributed by atoms with Crippen molar-refractivity contribution in [1.29, 1.82) is 0 Å². The van der Waals surface area contributed by atoms with Crippen molar-refractivity contribution in [3.8, 4) is 0 Å². The Labute approximate surface area is 159 Å². The van der Waals surface area contributed by atoms with Crippen LogP contribution in [0.3, 0.4) is 0 Å². The molecule has 1 heterocycles. The minimum atomic E-state index is 0.749. The van der Waals surface area contributed by atoms with Crippen LogP contribution in [0.4, 0.5) is 34.1 Å². The van der Waals surface area contributed by atoms with Gasteiger partial charge in [0.1, 0.15) is 0 Å². The van der Waals surface area contributed by atoms with Crippen LogP contribution in [0.5, 0.6) is 0 Å². The fourth-order valence-corrected chi connectivity index (χ4v) is 3.33. The molecule has 1 fully saturated rings. The van der Waals surface area contributed by atoms with Gasteiger partial charge >= 0.3 is 0 Å². The second kappa shape index (κ2) is 7.60. The fraction of sp³-hybridized carbons (Fsp3) is 0.182. The summed E-state index contributed by atoms with van der Waals surface area (Å²) in [5.74, 6) is 0. The highest BCUT2D eigenvalue weighted by Crippen LogP contribution is 2.36. The summed E-state index contributed by atoms with van der Waals surface area (Å²) in [7, 11) is 0. The third kappa shape index (κ3) is 3.83. The minimum absolute atomic E-state index is 0.749. The maximum Gasteiger partial charge on any atom is 0.0642 e. The highest BCUT2D eigenvalue weighted by Gasteiger charge is 2.15. The molecule has 0 radical (unpaired) electrons. The summed E-state index contributed by atoms with van der Waals surface area (Å²) < 4.78 is 5.45. The highest BCUT2D eigenvalue weighted by molar-refractivity contribution is 5.78. The van der Waals surface area contributed by atoms with Crippen LogP contribution in [0.25, 0.3) is 0 Å². The zero-order valence-electron chi connectivity index (χ0n) is 15.2. The van der Waals surface area contributed by atoms with E-state index in [-0.39, 0.29) is 0 Å². The molecule has 27 heavy (non-hydrogen) atoms. The van der Waals surface area contributed by atoms with E-state index >= 15 is 0 Å². The molecule has 138 valence electrons. The van der Waals surface area contributed by atoms with Crippen LogP contribution in [0.2, 0.25) is 0 Å². The van der Waals surface area contributed by atoms with Gasteiger partial charge in [0.05, 0.1) is 13.2 Å². The summed E-state index contributed by atoms with van der Waals surface area (Å²) in [6, 6.07) is 24.4. The van der Waals surface area contributed by atoms with Gasteiger partial charge in [-0.15, -0.1) is 0 Å². The van der Waals surface area contributed by atoms with Gasteiger partial charge in [-0.05, 0) is 72.8 Å². The predicted octanol–water partition coefficient (Wildman–Crippen LogP) is 4.16. The summed E-state index contributed by atoms with van der Waals surface area (Å²) in [5, 5.41) is 0. The molecule has 1 aliphatic heterocycles. The zero-order valence-corrected chi connectivity index (χ0v) is 15.2. The molecular weight excluding hydrogens is 336 g/mol. The number of nitrogens with zero attached hydrogens (tertiary/aromatic N) is 2. The Kier molecular flexibility index (Phi) is 4.85. The van der Waals surface area contributed by atoms with Gasteiger partial charge in [0.2, 0.25) is 0 Å². The SMILES string of the molecule is Nc1ccc(N(c2ccc(N)cc2)c2ccc(N3CCOCC3)cc2)cc1. The Morgan fingerprint density at radius 2 is 1.04 bits per heavy atom. The van der Waals surface area contributed by atoms with Gasteiger partial charge in [-0.3, -0.25) is 0 Å². The monoisotopic (exact) mass is 360 g/mol. The van der Waals surface area contributed by atoms with Crippen LogP contribution >= 0.6 is 0 Å². The average Bonchev–Trinajstić information content (AvgIpc) is 2.72. The summed E-state index contributed by atoms with van der Waals surface area (Å²) >= 11 is 0. The Hall–Kier alpha value is -3.18. The molecule has 5 heteroatoms. The number of ether oxygens (including phenoxy) is 1. The van der Waals surface area contributed by atoms with Crippen LogP contribution in [0.1, 0.15) is 0 Å². The fourth-order valence-electron chi connectivity index (χ4n) is 3.33. The molecule has 5 nitrogen and oxygen atoms in total. The molecule has 1 saturated heterocycles. The first-order valence-electron chi connectivity index (χ1n) is 9.15. The van der Waals surface area contributed by atoms with Crippen molar-refractivity contribution in [3.63, 3.8) is 0 Å². The van der Waals surface area contributed by atoms with Gasteiger partial charge in [-0.2, -0.15) is 0 Å². The molecule has 0 atom stereocenters. The molecular formula is C22H24N4O. The van der Waals surface area contributed by atoms with Crippen molar-refractivity contribution >= 4 is 34.1 Å². The van der Waals surface area contributed by atoms with Crippen molar-refractivity contribution in [2.45, 2.75) is 0 Å². The van der Waals surface area contributed by atoms with Gasteiger partial charge < -0.3 is 26.0 Å². The maximum atomic E-state index is 5.88. The first-order valence-corrected chi connectivity index (χ1v) is 9.15. The highest BCUT2D eigenvalue weighted by atomic mass is 16.5. The molecule has 1 aliphatic rings. The first-order chi connectivity index (χ1) is 13.2. The molecule has 0 spiro atoms. The molecule has 4 N–H and O–H groups in total. The first kappa shape index (κ1) is 17.2. The number of benzene rings is 3. The van der Waals surface area contributed by atoms with Crippen LogP contribution < -0.4 is 21.3 Å². The third-order valence-corrected chi connectivity index (χ3v) is 4.79. The van der Waals surface area contributed by atoms with Crippen molar-refractivity contribution < 1.29 is 4.74 Å². The zero-order chi connectivity index (χ0) is 18.6. The van der Waals surface area contributed by atoms with Gasteiger partial charge in [0, 0.05) is 47.2 Å². The molecule has 0 bridgehead atoms. The Balaban J connectivity index is 1.69. The molecule has 0 aliphatic carbocycles. The number of morpholine rings is 1. The van der Waals surface area contributed by atoms with Gasteiger partial charge in [0.15, 0.2) is 0 Å². The molecule has 0 amide bonds. The molecule has 3 aromatic rings. The van der Waals surface area contributed by atoms with Gasteiger partial charge in [-0.25, -0.2) is 0 Å². The number of nitrogens with two attached hydrogens (primary N) is 2. The Morgan fingerprint density at radius 1 is 0.630 bits per heavy atom. The summed E-state index contributed by atoms with van der Waals surface area (Å²) in [4.78, 5) is 4.55. The van der Waals surface area contributed by atoms with E-state index in [1.807, 2.05) is 48.5 Å². The molecule has 4 rings (SSSR count). The third-order valence-electron chi connectivity index (χ3n) is 4.79.